The highest BCUT2D eigenvalue weighted by Crippen LogP contribution is 2.21. The molecule has 1 aliphatic rings. The lowest BCUT2D eigenvalue weighted by molar-refractivity contribution is 0.0632. The SMILES string of the molecule is Cc1nnc(CCN2CCN(C(=O)c3c(F)cccc3Cl)CC2)o1. The van der Waals surface area contributed by atoms with Gasteiger partial charge in [0.2, 0.25) is 11.8 Å². The van der Waals surface area contributed by atoms with Crippen molar-refractivity contribution >= 4 is 17.5 Å². The van der Waals surface area contributed by atoms with Crippen LogP contribution in [0.5, 0.6) is 0 Å². The van der Waals surface area contributed by atoms with Crippen molar-refractivity contribution in [3.63, 3.8) is 0 Å². The summed E-state index contributed by atoms with van der Waals surface area (Å²) >= 11 is 5.97. The summed E-state index contributed by atoms with van der Waals surface area (Å²) in [6, 6.07) is 4.27. The maximum Gasteiger partial charge on any atom is 0.258 e. The standard InChI is InChI=1S/C16H18ClFN4O2/c1-11-19-20-14(24-11)5-6-21-7-9-22(10-8-21)16(23)15-12(17)3-2-4-13(15)18/h2-4H,5-10H2,1H3. The van der Waals surface area contributed by atoms with Gasteiger partial charge in [-0.15, -0.1) is 10.2 Å². The fourth-order valence-electron chi connectivity index (χ4n) is 2.73. The third kappa shape index (κ3) is 3.73. The number of piperazine rings is 1. The van der Waals surface area contributed by atoms with Crippen LogP contribution in [-0.2, 0) is 6.42 Å². The molecule has 24 heavy (non-hydrogen) atoms. The summed E-state index contributed by atoms with van der Waals surface area (Å²) in [6.07, 6.45) is 0.675. The van der Waals surface area contributed by atoms with Gasteiger partial charge in [-0.1, -0.05) is 17.7 Å². The zero-order valence-electron chi connectivity index (χ0n) is 13.3. The fraction of sp³-hybridized carbons (Fsp3) is 0.438. The van der Waals surface area contributed by atoms with Gasteiger partial charge >= 0.3 is 0 Å². The minimum absolute atomic E-state index is 0.0473. The molecule has 2 heterocycles. The molecule has 6 nitrogen and oxygen atoms in total. The average molecular weight is 353 g/mol. The first-order valence-electron chi connectivity index (χ1n) is 7.79. The van der Waals surface area contributed by atoms with Gasteiger partial charge in [0, 0.05) is 46.1 Å². The third-order valence-electron chi connectivity index (χ3n) is 4.05. The van der Waals surface area contributed by atoms with Crippen LogP contribution in [0, 0.1) is 12.7 Å². The summed E-state index contributed by atoms with van der Waals surface area (Å²) in [5, 5.41) is 7.92. The van der Waals surface area contributed by atoms with Gasteiger partial charge < -0.3 is 9.32 Å². The molecule has 0 bridgehead atoms. The van der Waals surface area contributed by atoms with Crippen LogP contribution in [0.1, 0.15) is 22.1 Å². The number of aryl methyl sites for hydroxylation is 1. The third-order valence-corrected chi connectivity index (χ3v) is 4.36. The molecule has 0 unspecified atom stereocenters. The second kappa shape index (κ2) is 7.27. The van der Waals surface area contributed by atoms with Gasteiger partial charge in [0.05, 0.1) is 10.6 Å². The van der Waals surface area contributed by atoms with E-state index < -0.39 is 5.82 Å². The first kappa shape index (κ1) is 16.9. The van der Waals surface area contributed by atoms with E-state index >= 15 is 0 Å². The maximum absolute atomic E-state index is 13.9. The minimum Gasteiger partial charge on any atom is -0.426 e. The lowest BCUT2D eigenvalue weighted by atomic mass is 10.1. The average Bonchev–Trinajstić information content (AvgIpc) is 2.98. The van der Waals surface area contributed by atoms with E-state index in [1.165, 1.54) is 18.2 Å². The van der Waals surface area contributed by atoms with Crippen molar-refractivity contribution in [2.45, 2.75) is 13.3 Å². The van der Waals surface area contributed by atoms with Crippen molar-refractivity contribution in [3.8, 4) is 0 Å². The Morgan fingerprint density at radius 1 is 1.29 bits per heavy atom. The molecule has 1 aromatic carbocycles. The van der Waals surface area contributed by atoms with Gasteiger partial charge in [0.15, 0.2) is 0 Å². The number of benzene rings is 1. The summed E-state index contributed by atoms with van der Waals surface area (Å²) in [4.78, 5) is 16.3. The summed E-state index contributed by atoms with van der Waals surface area (Å²) in [6.45, 7) is 5.04. The second-order valence-electron chi connectivity index (χ2n) is 5.70. The summed E-state index contributed by atoms with van der Waals surface area (Å²) in [7, 11) is 0. The van der Waals surface area contributed by atoms with E-state index in [4.69, 9.17) is 16.0 Å². The highest BCUT2D eigenvalue weighted by molar-refractivity contribution is 6.33. The summed E-state index contributed by atoms with van der Waals surface area (Å²) in [5.41, 5.74) is -0.0473. The molecule has 1 saturated heterocycles. The van der Waals surface area contributed by atoms with Crippen molar-refractivity contribution in [2.24, 2.45) is 0 Å². The Labute approximate surface area is 144 Å². The Morgan fingerprint density at radius 2 is 2.04 bits per heavy atom. The number of halogens is 2. The van der Waals surface area contributed by atoms with Gasteiger partial charge in [-0.2, -0.15) is 0 Å². The molecule has 2 aromatic rings. The Hall–Kier alpha value is -1.99. The number of hydrogen-bond donors (Lipinski definition) is 0. The van der Waals surface area contributed by atoms with Crippen molar-refractivity contribution in [1.82, 2.24) is 20.0 Å². The second-order valence-corrected chi connectivity index (χ2v) is 6.10. The monoisotopic (exact) mass is 352 g/mol. The number of carbonyl (C=O) groups excluding carboxylic acids is 1. The van der Waals surface area contributed by atoms with Crippen LogP contribution in [0.15, 0.2) is 22.6 Å². The van der Waals surface area contributed by atoms with E-state index in [0.29, 0.717) is 44.4 Å². The number of hydrogen-bond acceptors (Lipinski definition) is 5. The van der Waals surface area contributed by atoms with E-state index in [-0.39, 0.29) is 16.5 Å². The molecule has 0 atom stereocenters. The van der Waals surface area contributed by atoms with Gasteiger partial charge in [0.25, 0.3) is 5.91 Å². The fourth-order valence-corrected chi connectivity index (χ4v) is 2.97. The number of rotatable bonds is 4. The smallest absolute Gasteiger partial charge is 0.258 e. The first-order chi connectivity index (χ1) is 11.5. The molecule has 0 radical (unpaired) electrons. The van der Waals surface area contributed by atoms with Gasteiger partial charge in [-0.25, -0.2) is 4.39 Å². The lowest BCUT2D eigenvalue weighted by Crippen LogP contribution is -2.49. The van der Waals surface area contributed by atoms with Crippen molar-refractivity contribution in [2.75, 3.05) is 32.7 Å². The summed E-state index contributed by atoms with van der Waals surface area (Å²) < 4.78 is 19.2. The van der Waals surface area contributed by atoms with Crippen LogP contribution in [0.2, 0.25) is 5.02 Å². The largest absolute Gasteiger partial charge is 0.426 e. The van der Waals surface area contributed by atoms with E-state index in [0.717, 1.165) is 6.54 Å². The lowest BCUT2D eigenvalue weighted by Gasteiger charge is -2.34. The molecule has 1 aliphatic heterocycles. The minimum atomic E-state index is -0.582. The number of carbonyl (C=O) groups is 1. The van der Waals surface area contributed by atoms with Gasteiger partial charge in [-0.3, -0.25) is 9.69 Å². The predicted octanol–water partition coefficient (Wildman–Crippen LogP) is 2.17. The Bertz CT molecular complexity index is 708. The quantitative estimate of drug-likeness (QED) is 0.844. The molecule has 0 aliphatic carbocycles. The summed E-state index contributed by atoms with van der Waals surface area (Å²) in [5.74, 6) is 0.235. The Morgan fingerprint density at radius 3 is 2.67 bits per heavy atom. The Balaban J connectivity index is 1.54. The van der Waals surface area contributed by atoms with Crippen LogP contribution in [0.4, 0.5) is 4.39 Å². The number of amides is 1. The molecular formula is C16H18ClFN4O2. The topological polar surface area (TPSA) is 62.5 Å². The molecule has 3 rings (SSSR count). The van der Waals surface area contributed by atoms with E-state index in [1.807, 2.05) is 0 Å². The highest BCUT2D eigenvalue weighted by atomic mass is 35.5. The number of aromatic nitrogens is 2. The van der Waals surface area contributed by atoms with Crippen LogP contribution >= 0.6 is 11.6 Å². The van der Waals surface area contributed by atoms with Crippen LogP contribution in [0.25, 0.3) is 0 Å². The zero-order valence-corrected chi connectivity index (χ0v) is 14.1. The normalized spacial score (nSPS) is 15.7. The van der Waals surface area contributed by atoms with Crippen molar-refractivity contribution in [1.29, 1.82) is 0 Å². The molecule has 1 aromatic heterocycles. The van der Waals surface area contributed by atoms with Gasteiger partial charge in [0.1, 0.15) is 5.82 Å². The van der Waals surface area contributed by atoms with E-state index in [2.05, 4.69) is 15.1 Å². The first-order valence-corrected chi connectivity index (χ1v) is 8.17. The van der Waals surface area contributed by atoms with Crippen molar-refractivity contribution < 1.29 is 13.6 Å². The van der Waals surface area contributed by atoms with Gasteiger partial charge in [-0.05, 0) is 12.1 Å². The predicted molar refractivity (Wildman–Crippen MR) is 86.5 cm³/mol. The zero-order chi connectivity index (χ0) is 17.1. The number of nitrogens with zero attached hydrogens (tertiary/aromatic N) is 4. The Kier molecular flexibility index (Phi) is 5.11. The van der Waals surface area contributed by atoms with Crippen LogP contribution in [-0.4, -0.2) is 58.6 Å². The van der Waals surface area contributed by atoms with E-state index in [1.54, 1.807) is 11.8 Å². The molecular weight excluding hydrogens is 335 g/mol. The molecule has 8 heteroatoms. The molecule has 0 spiro atoms. The maximum atomic E-state index is 13.9. The highest BCUT2D eigenvalue weighted by Gasteiger charge is 2.25. The van der Waals surface area contributed by atoms with Crippen LogP contribution in [0.3, 0.4) is 0 Å². The molecule has 0 saturated carbocycles. The molecule has 1 fully saturated rings. The molecule has 0 N–H and O–H groups in total. The van der Waals surface area contributed by atoms with Crippen molar-refractivity contribution in [3.05, 3.63) is 46.4 Å². The van der Waals surface area contributed by atoms with Crippen LogP contribution < -0.4 is 0 Å². The molecule has 1 amide bonds. The molecule has 128 valence electrons. The van der Waals surface area contributed by atoms with E-state index in [9.17, 15) is 9.18 Å².